The van der Waals surface area contributed by atoms with Crippen LogP contribution in [0.25, 0.3) is 0 Å². The number of hydrogen-bond donors (Lipinski definition) is 2. The largest absolute Gasteiger partial charge is 0.330 e. The summed E-state index contributed by atoms with van der Waals surface area (Å²) in [7, 11) is 0. The fourth-order valence-corrected chi connectivity index (χ4v) is 5.98. The molecule has 0 spiro atoms. The lowest BCUT2D eigenvalue weighted by Crippen LogP contribution is -2.34. The summed E-state index contributed by atoms with van der Waals surface area (Å²) in [6.07, 6.45) is 20.8. The minimum absolute atomic E-state index is 0.0480. The smallest absolute Gasteiger partial charge is 0.132 e. The van der Waals surface area contributed by atoms with Crippen LogP contribution in [0.5, 0.6) is 0 Å². The second-order valence-electron chi connectivity index (χ2n) is 12.8. The van der Waals surface area contributed by atoms with Crippen molar-refractivity contribution in [1.82, 2.24) is 0 Å². The van der Waals surface area contributed by atoms with Crippen LogP contribution in [0.4, 0.5) is 0 Å². The lowest BCUT2D eigenvalue weighted by atomic mass is 9.69. The summed E-state index contributed by atoms with van der Waals surface area (Å²) in [6, 6.07) is 2.88. The van der Waals surface area contributed by atoms with Crippen LogP contribution >= 0.6 is 0 Å². The number of nitriles is 1. The summed E-state index contributed by atoms with van der Waals surface area (Å²) in [5.41, 5.74) is 11.6. The molecular weight excluding hydrogens is 430 g/mol. The molecule has 3 aliphatic rings. The third kappa shape index (κ3) is 17.2. The molecule has 4 N–H and O–H groups in total. The lowest BCUT2D eigenvalue weighted by molar-refractivity contribution is -0.120. The number of hydrogen-bond acceptors (Lipinski definition) is 4. The summed E-state index contributed by atoms with van der Waals surface area (Å²) in [6.45, 7) is 13.9. The van der Waals surface area contributed by atoms with Crippen molar-refractivity contribution in [2.75, 3.05) is 6.54 Å². The maximum Gasteiger partial charge on any atom is 0.132 e. The Labute approximate surface area is 219 Å². The molecule has 3 fully saturated rings. The van der Waals surface area contributed by atoms with Gasteiger partial charge in [0.05, 0.1) is 11.5 Å². The Morgan fingerprint density at radius 3 is 1.46 bits per heavy atom. The second kappa shape index (κ2) is 19.2. The highest BCUT2D eigenvalue weighted by molar-refractivity contribution is 5.78. The molecule has 0 atom stereocenters. The van der Waals surface area contributed by atoms with Gasteiger partial charge in [-0.05, 0) is 81.2 Å². The van der Waals surface area contributed by atoms with Gasteiger partial charge in [-0.2, -0.15) is 5.26 Å². The monoisotopic (exact) mass is 491 g/mol. The van der Waals surface area contributed by atoms with Crippen molar-refractivity contribution < 1.29 is 4.79 Å². The van der Waals surface area contributed by atoms with E-state index in [1.807, 2.05) is 13.8 Å². The van der Waals surface area contributed by atoms with Crippen LogP contribution in [0.3, 0.4) is 0 Å². The standard InChI is InChI=1S/C11H23N.C11H19N.C6H10O.C3H9N/c2*1-10(2)8-11(9-12)6-4-3-5-7-11;7-6-4-2-1-3-5-6;1-3(2)4/h10H,3-9,12H2,1-2H3;10H,3-8H2,1-2H3;1-5H2;3H,4H2,1-2H3. The molecule has 0 radical (unpaired) electrons. The van der Waals surface area contributed by atoms with Crippen molar-refractivity contribution in [1.29, 1.82) is 5.26 Å². The van der Waals surface area contributed by atoms with Crippen LogP contribution in [-0.4, -0.2) is 18.4 Å². The van der Waals surface area contributed by atoms with E-state index in [9.17, 15) is 4.79 Å². The quantitative estimate of drug-likeness (QED) is 0.404. The Balaban J connectivity index is 0.000000473. The molecule has 0 aromatic heterocycles. The van der Waals surface area contributed by atoms with Crippen LogP contribution in [0.15, 0.2) is 0 Å². The number of carbonyl (C=O) groups excluding carboxylic acids is 1. The third-order valence-corrected chi connectivity index (χ3v) is 7.45. The highest BCUT2D eigenvalue weighted by atomic mass is 16.1. The van der Waals surface area contributed by atoms with Gasteiger partial charge in [-0.25, -0.2) is 0 Å². The first kappa shape index (κ1) is 34.1. The molecule has 35 heavy (non-hydrogen) atoms. The number of nitrogens with zero attached hydrogens (tertiary/aromatic N) is 1. The first-order valence-corrected chi connectivity index (χ1v) is 14.9. The van der Waals surface area contributed by atoms with Gasteiger partial charge < -0.3 is 11.5 Å². The Hall–Kier alpha value is -0.920. The van der Waals surface area contributed by atoms with E-state index in [1.165, 1.54) is 64.2 Å². The summed E-state index contributed by atoms with van der Waals surface area (Å²) in [5.74, 6) is 1.95. The van der Waals surface area contributed by atoms with Crippen molar-refractivity contribution in [2.24, 2.45) is 34.1 Å². The predicted octanol–water partition coefficient (Wildman–Crippen LogP) is 8.32. The van der Waals surface area contributed by atoms with E-state index in [0.29, 0.717) is 23.2 Å². The van der Waals surface area contributed by atoms with Crippen molar-refractivity contribution in [2.45, 2.75) is 157 Å². The topological polar surface area (TPSA) is 92.9 Å². The van der Waals surface area contributed by atoms with Crippen LogP contribution in [0.1, 0.15) is 151 Å². The fraction of sp³-hybridized carbons (Fsp3) is 0.935. The molecular formula is C31H61N3O. The fourth-order valence-electron chi connectivity index (χ4n) is 5.98. The molecule has 0 saturated heterocycles. The Morgan fingerprint density at radius 2 is 1.14 bits per heavy atom. The summed E-state index contributed by atoms with van der Waals surface area (Å²) in [4.78, 5) is 10.5. The molecule has 4 heteroatoms. The Bertz CT molecular complexity index is 554. The molecule has 4 nitrogen and oxygen atoms in total. The minimum atomic E-state index is 0.0480. The number of rotatable bonds is 5. The maximum atomic E-state index is 10.5. The molecule has 3 aliphatic carbocycles. The van der Waals surface area contributed by atoms with E-state index in [0.717, 1.165) is 57.4 Å². The maximum absolute atomic E-state index is 10.5. The van der Waals surface area contributed by atoms with Gasteiger partial charge >= 0.3 is 0 Å². The van der Waals surface area contributed by atoms with Crippen LogP contribution in [0, 0.1) is 34.0 Å². The van der Waals surface area contributed by atoms with Crippen molar-refractivity contribution in [3.8, 4) is 6.07 Å². The van der Waals surface area contributed by atoms with E-state index in [4.69, 9.17) is 16.7 Å². The summed E-state index contributed by atoms with van der Waals surface area (Å²) < 4.78 is 0. The molecule has 0 aromatic carbocycles. The second-order valence-corrected chi connectivity index (χ2v) is 12.8. The predicted molar refractivity (Wildman–Crippen MR) is 152 cm³/mol. The average molecular weight is 492 g/mol. The van der Waals surface area contributed by atoms with Gasteiger partial charge in [-0.15, -0.1) is 0 Å². The molecule has 0 bridgehead atoms. The number of nitrogens with two attached hydrogens (primary N) is 2. The number of carbonyl (C=O) groups is 1. The highest BCUT2D eigenvalue weighted by Crippen LogP contribution is 2.41. The first-order valence-electron chi connectivity index (χ1n) is 14.9. The zero-order chi connectivity index (χ0) is 26.7. The number of ketones is 1. The van der Waals surface area contributed by atoms with Crippen molar-refractivity contribution >= 4 is 5.78 Å². The first-order chi connectivity index (χ1) is 16.5. The molecule has 206 valence electrons. The summed E-state index contributed by atoms with van der Waals surface area (Å²) >= 11 is 0. The zero-order valence-corrected chi connectivity index (χ0v) is 24.5. The molecule has 0 heterocycles. The molecule has 3 rings (SSSR count). The zero-order valence-electron chi connectivity index (χ0n) is 24.5. The molecule has 0 unspecified atom stereocenters. The van der Waals surface area contributed by atoms with Crippen molar-refractivity contribution in [3.05, 3.63) is 0 Å². The SMILES string of the molecule is CC(C)CC1(C#N)CCCCC1.CC(C)CC1(CN)CCCCC1.CC(C)N.O=C1CCCCC1. The van der Waals surface area contributed by atoms with E-state index >= 15 is 0 Å². The normalized spacial score (nSPS) is 21.0. The van der Waals surface area contributed by atoms with Crippen LogP contribution in [-0.2, 0) is 4.79 Å². The molecule has 0 aliphatic heterocycles. The van der Waals surface area contributed by atoms with Gasteiger partial charge in [-0.3, -0.25) is 4.79 Å². The Morgan fingerprint density at radius 1 is 0.743 bits per heavy atom. The highest BCUT2D eigenvalue weighted by Gasteiger charge is 2.32. The molecule has 3 saturated carbocycles. The van der Waals surface area contributed by atoms with E-state index < -0.39 is 0 Å². The molecule has 0 aromatic rings. The van der Waals surface area contributed by atoms with Gasteiger partial charge in [0.1, 0.15) is 5.78 Å². The summed E-state index contributed by atoms with van der Waals surface area (Å²) in [5, 5.41) is 9.14. The van der Waals surface area contributed by atoms with Gasteiger partial charge in [0.2, 0.25) is 0 Å². The van der Waals surface area contributed by atoms with Crippen LogP contribution < -0.4 is 11.5 Å². The molecule has 0 amide bonds. The van der Waals surface area contributed by atoms with Gasteiger partial charge in [0, 0.05) is 12.8 Å². The van der Waals surface area contributed by atoms with E-state index in [2.05, 4.69) is 33.8 Å². The van der Waals surface area contributed by atoms with E-state index in [1.54, 1.807) is 0 Å². The minimum Gasteiger partial charge on any atom is -0.330 e. The van der Waals surface area contributed by atoms with Gasteiger partial charge in [0.25, 0.3) is 0 Å². The van der Waals surface area contributed by atoms with E-state index in [-0.39, 0.29) is 5.41 Å². The Kier molecular flexibility index (Phi) is 18.7. The van der Waals surface area contributed by atoms with Gasteiger partial charge in [0.15, 0.2) is 0 Å². The van der Waals surface area contributed by atoms with Gasteiger partial charge in [-0.1, -0.05) is 86.5 Å². The third-order valence-electron chi connectivity index (χ3n) is 7.45. The lowest BCUT2D eigenvalue weighted by Gasteiger charge is -2.37. The average Bonchev–Trinajstić information content (AvgIpc) is 2.80. The van der Waals surface area contributed by atoms with Crippen LogP contribution in [0.2, 0.25) is 0 Å². The van der Waals surface area contributed by atoms with Crippen molar-refractivity contribution in [3.63, 3.8) is 0 Å². The number of Topliss-reactive ketones (excluding diaryl/α,β-unsaturated/α-hetero) is 1.